The van der Waals surface area contributed by atoms with Gasteiger partial charge in [-0.25, -0.2) is 4.98 Å². The molecule has 1 heterocycles. The molecule has 1 N–H and O–H groups in total. The molecule has 2 rings (SSSR count). The molecular weight excluding hydrogens is 192 g/mol. The zero-order valence-electron chi connectivity index (χ0n) is 8.89. The SMILES string of the molecule is CC(CC(=O)O)c1cncn1C1CCC1. The first-order valence-electron chi connectivity index (χ1n) is 5.42. The van der Waals surface area contributed by atoms with Gasteiger partial charge in [0.25, 0.3) is 0 Å². The van der Waals surface area contributed by atoms with E-state index in [0.29, 0.717) is 6.04 Å². The fourth-order valence-corrected chi connectivity index (χ4v) is 2.03. The van der Waals surface area contributed by atoms with Gasteiger partial charge in [-0.05, 0) is 19.3 Å². The Labute approximate surface area is 88.9 Å². The standard InChI is InChI=1S/C11H16N2O2/c1-8(5-11(14)15)10-6-12-7-13(10)9-3-2-4-9/h6-9H,2-5H2,1H3,(H,14,15). The highest BCUT2D eigenvalue weighted by atomic mass is 16.4. The van der Waals surface area contributed by atoms with Crippen molar-refractivity contribution < 1.29 is 9.90 Å². The second-order valence-corrected chi connectivity index (χ2v) is 4.31. The van der Waals surface area contributed by atoms with Gasteiger partial charge < -0.3 is 9.67 Å². The summed E-state index contributed by atoms with van der Waals surface area (Å²) in [7, 11) is 0. The van der Waals surface area contributed by atoms with Crippen molar-refractivity contribution in [2.24, 2.45) is 0 Å². The Kier molecular flexibility index (Phi) is 2.75. The number of nitrogens with zero attached hydrogens (tertiary/aromatic N) is 2. The Morgan fingerprint density at radius 3 is 3.00 bits per heavy atom. The van der Waals surface area contributed by atoms with Crippen LogP contribution in [0.5, 0.6) is 0 Å². The van der Waals surface area contributed by atoms with Gasteiger partial charge in [-0.15, -0.1) is 0 Å². The zero-order valence-corrected chi connectivity index (χ0v) is 8.89. The molecule has 1 aliphatic carbocycles. The second-order valence-electron chi connectivity index (χ2n) is 4.31. The second kappa shape index (κ2) is 4.04. The van der Waals surface area contributed by atoms with Gasteiger partial charge in [0.05, 0.1) is 12.7 Å². The molecule has 15 heavy (non-hydrogen) atoms. The molecule has 82 valence electrons. The van der Waals surface area contributed by atoms with Crippen molar-refractivity contribution in [3.05, 3.63) is 18.2 Å². The number of rotatable bonds is 4. The minimum Gasteiger partial charge on any atom is -0.481 e. The van der Waals surface area contributed by atoms with E-state index < -0.39 is 5.97 Å². The summed E-state index contributed by atoms with van der Waals surface area (Å²) in [4.78, 5) is 14.8. The van der Waals surface area contributed by atoms with Gasteiger partial charge in [0.15, 0.2) is 0 Å². The first-order chi connectivity index (χ1) is 7.18. The van der Waals surface area contributed by atoms with Crippen LogP contribution in [0.25, 0.3) is 0 Å². The Balaban J connectivity index is 2.12. The predicted molar refractivity (Wildman–Crippen MR) is 55.8 cm³/mol. The van der Waals surface area contributed by atoms with Crippen molar-refractivity contribution in [2.75, 3.05) is 0 Å². The fourth-order valence-electron chi connectivity index (χ4n) is 2.03. The van der Waals surface area contributed by atoms with E-state index in [1.54, 1.807) is 6.20 Å². The summed E-state index contributed by atoms with van der Waals surface area (Å²) in [5, 5.41) is 8.75. The van der Waals surface area contributed by atoms with Crippen LogP contribution in [0.4, 0.5) is 0 Å². The lowest BCUT2D eigenvalue weighted by Crippen LogP contribution is -2.19. The van der Waals surface area contributed by atoms with Crippen LogP contribution < -0.4 is 0 Å². The molecule has 1 fully saturated rings. The van der Waals surface area contributed by atoms with Gasteiger partial charge >= 0.3 is 5.97 Å². The van der Waals surface area contributed by atoms with Gasteiger partial charge in [-0.1, -0.05) is 6.92 Å². The van der Waals surface area contributed by atoms with Gasteiger partial charge in [0.2, 0.25) is 0 Å². The number of aliphatic carboxylic acids is 1. The maximum Gasteiger partial charge on any atom is 0.304 e. The van der Waals surface area contributed by atoms with Gasteiger partial charge in [0.1, 0.15) is 0 Å². The van der Waals surface area contributed by atoms with Crippen molar-refractivity contribution in [2.45, 2.75) is 44.6 Å². The lowest BCUT2D eigenvalue weighted by Gasteiger charge is -2.29. The summed E-state index contributed by atoms with van der Waals surface area (Å²) in [5.41, 5.74) is 1.06. The van der Waals surface area contributed by atoms with Crippen molar-refractivity contribution >= 4 is 5.97 Å². The normalized spacial score (nSPS) is 18.5. The molecule has 4 nitrogen and oxygen atoms in total. The molecule has 1 saturated carbocycles. The van der Waals surface area contributed by atoms with Crippen LogP contribution in [0.3, 0.4) is 0 Å². The third-order valence-electron chi connectivity index (χ3n) is 3.15. The summed E-state index contributed by atoms with van der Waals surface area (Å²) < 4.78 is 2.15. The Morgan fingerprint density at radius 2 is 2.47 bits per heavy atom. The number of aromatic nitrogens is 2. The van der Waals surface area contributed by atoms with Crippen molar-refractivity contribution in [3.63, 3.8) is 0 Å². The van der Waals surface area contributed by atoms with Crippen molar-refractivity contribution in [1.82, 2.24) is 9.55 Å². The van der Waals surface area contributed by atoms with Crippen LogP contribution in [0.15, 0.2) is 12.5 Å². The number of hydrogen-bond acceptors (Lipinski definition) is 2. The first-order valence-corrected chi connectivity index (χ1v) is 5.42. The van der Waals surface area contributed by atoms with E-state index >= 15 is 0 Å². The van der Waals surface area contributed by atoms with E-state index in [9.17, 15) is 4.79 Å². The predicted octanol–water partition coefficient (Wildman–Crippen LogP) is 2.19. The molecule has 1 aliphatic rings. The minimum atomic E-state index is -0.746. The largest absolute Gasteiger partial charge is 0.481 e. The highest BCUT2D eigenvalue weighted by Crippen LogP contribution is 2.34. The molecule has 1 atom stereocenters. The van der Waals surface area contributed by atoms with Crippen LogP contribution in [0.2, 0.25) is 0 Å². The van der Waals surface area contributed by atoms with E-state index in [4.69, 9.17) is 5.11 Å². The minimum absolute atomic E-state index is 0.0469. The third-order valence-corrected chi connectivity index (χ3v) is 3.15. The maximum atomic E-state index is 10.6. The smallest absolute Gasteiger partial charge is 0.304 e. The number of carboxylic acid groups (broad SMARTS) is 1. The average Bonchev–Trinajstić information content (AvgIpc) is 2.48. The van der Waals surface area contributed by atoms with Crippen LogP contribution in [-0.4, -0.2) is 20.6 Å². The summed E-state index contributed by atoms with van der Waals surface area (Å²) in [5.74, 6) is -0.700. The highest BCUT2D eigenvalue weighted by molar-refractivity contribution is 5.67. The lowest BCUT2D eigenvalue weighted by atomic mass is 9.92. The molecular formula is C11H16N2O2. The summed E-state index contributed by atoms with van der Waals surface area (Å²) >= 11 is 0. The van der Waals surface area contributed by atoms with E-state index in [1.807, 2.05) is 13.3 Å². The maximum absolute atomic E-state index is 10.6. The van der Waals surface area contributed by atoms with E-state index in [0.717, 1.165) is 5.69 Å². The van der Waals surface area contributed by atoms with E-state index in [1.165, 1.54) is 19.3 Å². The van der Waals surface area contributed by atoms with Crippen LogP contribution >= 0.6 is 0 Å². The summed E-state index contributed by atoms with van der Waals surface area (Å²) in [6.45, 7) is 1.94. The highest BCUT2D eigenvalue weighted by Gasteiger charge is 2.23. The molecule has 0 amide bonds. The zero-order chi connectivity index (χ0) is 10.8. The van der Waals surface area contributed by atoms with E-state index in [-0.39, 0.29) is 12.3 Å². The molecule has 0 bridgehead atoms. The number of imidazole rings is 1. The molecule has 4 heteroatoms. The van der Waals surface area contributed by atoms with Crippen LogP contribution in [0.1, 0.15) is 50.3 Å². The Hall–Kier alpha value is -1.32. The number of carbonyl (C=O) groups is 1. The van der Waals surface area contributed by atoms with Gasteiger partial charge in [-0.3, -0.25) is 4.79 Å². The third kappa shape index (κ3) is 2.03. The molecule has 0 radical (unpaired) electrons. The summed E-state index contributed by atoms with van der Waals surface area (Å²) in [6, 6.07) is 0.554. The number of carboxylic acids is 1. The lowest BCUT2D eigenvalue weighted by molar-refractivity contribution is -0.137. The molecule has 1 unspecified atom stereocenters. The summed E-state index contributed by atoms with van der Waals surface area (Å²) in [6.07, 6.45) is 7.48. The molecule has 1 aromatic rings. The Morgan fingerprint density at radius 1 is 1.73 bits per heavy atom. The monoisotopic (exact) mass is 208 g/mol. The average molecular weight is 208 g/mol. The van der Waals surface area contributed by atoms with Gasteiger partial charge in [0, 0.05) is 23.9 Å². The molecule has 0 aliphatic heterocycles. The van der Waals surface area contributed by atoms with Crippen molar-refractivity contribution in [3.8, 4) is 0 Å². The molecule has 0 spiro atoms. The first kappa shape index (κ1) is 10.2. The van der Waals surface area contributed by atoms with Gasteiger partial charge in [-0.2, -0.15) is 0 Å². The van der Waals surface area contributed by atoms with Crippen molar-refractivity contribution in [1.29, 1.82) is 0 Å². The quantitative estimate of drug-likeness (QED) is 0.825. The number of hydrogen-bond donors (Lipinski definition) is 1. The van der Waals surface area contributed by atoms with E-state index in [2.05, 4.69) is 9.55 Å². The fraction of sp³-hybridized carbons (Fsp3) is 0.636. The van der Waals surface area contributed by atoms with Crippen LogP contribution in [0, 0.1) is 0 Å². The molecule has 0 saturated heterocycles. The molecule has 0 aromatic carbocycles. The Bertz CT molecular complexity index is 355. The van der Waals surface area contributed by atoms with Crippen LogP contribution in [-0.2, 0) is 4.79 Å². The topological polar surface area (TPSA) is 55.1 Å². The molecule has 1 aromatic heterocycles.